The second kappa shape index (κ2) is 5.45. The molecule has 0 aromatic heterocycles. The summed E-state index contributed by atoms with van der Waals surface area (Å²) in [6.45, 7) is 2.45. The molecule has 0 saturated heterocycles. The number of hydrogen-bond acceptors (Lipinski definition) is 2. The lowest BCUT2D eigenvalue weighted by Gasteiger charge is -2.04. The fourth-order valence-corrected chi connectivity index (χ4v) is 1.03. The van der Waals surface area contributed by atoms with E-state index in [1.807, 2.05) is 0 Å². The lowest BCUT2D eigenvalue weighted by molar-refractivity contribution is 0.261. The van der Waals surface area contributed by atoms with Gasteiger partial charge in [0.05, 0.1) is 0 Å². The maximum atomic E-state index is 8.44. The Labute approximate surface area is 56.5 Å². The Kier molecular flexibility index (Phi) is 5.66. The zero-order valence-electron chi connectivity index (χ0n) is 5.30. The molecule has 0 spiro atoms. The molecule has 1 unspecified atom stereocenters. The molecule has 0 amide bonds. The Bertz CT molecular complexity index is 41.8. The summed E-state index contributed by atoms with van der Waals surface area (Å²) in [5.74, 6) is 1.57. The molecule has 8 heavy (non-hydrogen) atoms. The third-order valence-corrected chi connectivity index (χ3v) is 1.50. The molecule has 1 N–H and O–H groups in total. The van der Waals surface area contributed by atoms with Crippen molar-refractivity contribution in [3.8, 4) is 0 Å². The topological polar surface area (TPSA) is 20.2 Å². The van der Waals surface area contributed by atoms with Gasteiger partial charge < -0.3 is 5.11 Å². The van der Waals surface area contributed by atoms with Gasteiger partial charge in [-0.1, -0.05) is 6.92 Å². The van der Waals surface area contributed by atoms with E-state index in [0.29, 0.717) is 12.5 Å². The average Bonchev–Trinajstić information content (AvgIpc) is 1.68. The standard InChI is InChI=1S/C6H14OS/c1-6(2-4-7)3-5-8/h6-8H,2-5H2,1H3. The first-order valence-corrected chi connectivity index (χ1v) is 3.66. The highest BCUT2D eigenvalue weighted by Crippen LogP contribution is 2.06. The van der Waals surface area contributed by atoms with Gasteiger partial charge in [0.1, 0.15) is 0 Å². The molecule has 0 aliphatic heterocycles. The highest BCUT2D eigenvalue weighted by molar-refractivity contribution is 7.80. The second-order valence-corrected chi connectivity index (χ2v) is 2.58. The predicted octanol–water partition coefficient (Wildman–Crippen LogP) is 1.32. The Morgan fingerprint density at radius 3 is 2.50 bits per heavy atom. The van der Waals surface area contributed by atoms with Gasteiger partial charge in [0, 0.05) is 6.61 Å². The molecule has 50 valence electrons. The van der Waals surface area contributed by atoms with Crippen molar-refractivity contribution in [2.45, 2.75) is 19.8 Å². The summed E-state index contributed by atoms with van der Waals surface area (Å²) in [6.07, 6.45) is 2.03. The minimum atomic E-state index is 0.314. The Hall–Kier alpha value is 0.310. The number of aliphatic hydroxyl groups is 1. The van der Waals surface area contributed by atoms with Crippen LogP contribution in [0.4, 0.5) is 0 Å². The van der Waals surface area contributed by atoms with Crippen LogP contribution >= 0.6 is 12.6 Å². The van der Waals surface area contributed by atoms with Gasteiger partial charge in [-0.2, -0.15) is 12.6 Å². The normalized spacial score (nSPS) is 13.9. The molecule has 0 fully saturated rings. The summed E-state index contributed by atoms with van der Waals surface area (Å²) in [5.41, 5.74) is 0. The third kappa shape index (κ3) is 4.47. The van der Waals surface area contributed by atoms with Gasteiger partial charge in [-0.3, -0.25) is 0 Å². The van der Waals surface area contributed by atoms with Crippen LogP contribution in [0.5, 0.6) is 0 Å². The van der Waals surface area contributed by atoms with Crippen LogP contribution in [0.2, 0.25) is 0 Å². The summed E-state index contributed by atoms with van der Waals surface area (Å²) >= 11 is 4.07. The molecule has 0 heterocycles. The van der Waals surface area contributed by atoms with Gasteiger partial charge in [-0.15, -0.1) is 0 Å². The molecule has 0 radical (unpaired) electrons. The molecule has 0 saturated carbocycles. The fraction of sp³-hybridized carbons (Fsp3) is 1.00. The van der Waals surface area contributed by atoms with E-state index in [1.165, 1.54) is 0 Å². The number of thiol groups is 1. The average molecular weight is 134 g/mol. The van der Waals surface area contributed by atoms with E-state index < -0.39 is 0 Å². The molecule has 0 aliphatic rings. The molecule has 2 heteroatoms. The molecule has 0 bridgehead atoms. The number of aliphatic hydroxyl groups excluding tert-OH is 1. The van der Waals surface area contributed by atoms with Crippen LogP contribution in [0.1, 0.15) is 19.8 Å². The molecule has 1 nitrogen and oxygen atoms in total. The SMILES string of the molecule is CC(CCO)CCS. The lowest BCUT2D eigenvalue weighted by atomic mass is 10.1. The number of hydrogen-bond donors (Lipinski definition) is 2. The van der Waals surface area contributed by atoms with Crippen molar-refractivity contribution in [3.63, 3.8) is 0 Å². The Balaban J connectivity index is 2.92. The minimum absolute atomic E-state index is 0.314. The van der Waals surface area contributed by atoms with Crippen molar-refractivity contribution in [2.75, 3.05) is 12.4 Å². The van der Waals surface area contributed by atoms with Crippen molar-refractivity contribution in [1.82, 2.24) is 0 Å². The fourth-order valence-electron chi connectivity index (χ4n) is 0.585. The van der Waals surface area contributed by atoms with Crippen molar-refractivity contribution in [2.24, 2.45) is 5.92 Å². The summed E-state index contributed by atoms with van der Waals surface area (Å²) in [6, 6.07) is 0. The first-order chi connectivity index (χ1) is 3.81. The van der Waals surface area contributed by atoms with Crippen LogP contribution in [0, 0.1) is 5.92 Å². The maximum absolute atomic E-state index is 8.44. The molecular formula is C6H14OS. The summed E-state index contributed by atoms with van der Waals surface area (Å²) in [4.78, 5) is 0. The summed E-state index contributed by atoms with van der Waals surface area (Å²) in [7, 11) is 0. The van der Waals surface area contributed by atoms with Gasteiger partial charge in [0.15, 0.2) is 0 Å². The van der Waals surface area contributed by atoms with Gasteiger partial charge >= 0.3 is 0 Å². The van der Waals surface area contributed by atoms with E-state index in [2.05, 4.69) is 19.6 Å². The van der Waals surface area contributed by atoms with Gasteiger partial charge in [0.2, 0.25) is 0 Å². The van der Waals surface area contributed by atoms with Crippen LogP contribution < -0.4 is 0 Å². The predicted molar refractivity (Wildman–Crippen MR) is 39.3 cm³/mol. The van der Waals surface area contributed by atoms with Crippen molar-refractivity contribution in [1.29, 1.82) is 0 Å². The van der Waals surface area contributed by atoms with E-state index in [-0.39, 0.29) is 0 Å². The Morgan fingerprint density at radius 1 is 1.50 bits per heavy atom. The Morgan fingerprint density at radius 2 is 2.12 bits per heavy atom. The van der Waals surface area contributed by atoms with Crippen molar-refractivity contribution in [3.05, 3.63) is 0 Å². The van der Waals surface area contributed by atoms with E-state index in [0.717, 1.165) is 18.6 Å². The number of rotatable bonds is 4. The van der Waals surface area contributed by atoms with Gasteiger partial charge in [0.25, 0.3) is 0 Å². The molecule has 1 atom stereocenters. The quantitative estimate of drug-likeness (QED) is 0.556. The highest BCUT2D eigenvalue weighted by Gasteiger charge is 1.96. The van der Waals surface area contributed by atoms with Crippen LogP contribution in [-0.2, 0) is 0 Å². The minimum Gasteiger partial charge on any atom is -0.396 e. The maximum Gasteiger partial charge on any atom is 0.0433 e. The molecule has 0 rings (SSSR count). The lowest BCUT2D eigenvalue weighted by Crippen LogP contribution is -1.97. The van der Waals surface area contributed by atoms with Gasteiger partial charge in [-0.25, -0.2) is 0 Å². The van der Waals surface area contributed by atoms with Gasteiger partial charge in [-0.05, 0) is 24.5 Å². The molecular weight excluding hydrogens is 120 g/mol. The first-order valence-electron chi connectivity index (χ1n) is 3.03. The van der Waals surface area contributed by atoms with Crippen molar-refractivity contribution >= 4 is 12.6 Å². The summed E-state index contributed by atoms with van der Waals surface area (Å²) < 4.78 is 0. The highest BCUT2D eigenvalue weighted by atomic mass is 32.1. The molecule has 0 aromatic rings. The monoisotopic (exact) mass is 134 g/mol. The van der Waals surface area contributed by atoms with Crippen LogP contribution in [-0.4, -0.2) is 17.5 Å². The molecule has 0 aliphatic carbocycles. The van der Waals surface area contributed by atoms with E-state index >= 15 is 0 Å². The van der Waals surface area contributed by atoms with E-state index in [1.54, 1.807) is 0 Å². The zero-order chi connectivity index (χ0) is 6.41. The molecule has 0 aromatic carbocycles. The first kappa shape index (κ1) is 8.31. The van der Waals surface area contributed by atoms with E-state index in [4.69, 9.17) is 5.11 Å². The smallest absolute Gasteiger partial charge is 0.0433 e. The van der Waals surface area contributed by atoms with Crippen LogP contribution in [0.3, 0.4) is 0 Å². The van der Waals surface area contributed by atoms with Crippen LogP contribution in [0.15, 0.2) is 0 Å². The van der Waals surface area contributed by atoms with Crippen LogP contribution in [0.25, 0.3) is 0 Å². The van der Waals surface area contributed by atoms with E-state index in [9.17, 15) is 0 Å². The second-order valence-electron chi connectivity index (χ2n) is 2.13. The van der Waals surface area contributed by atoms with Crippen molar-refractivity contribution < 1.29 is 5.11 Å². The third-order valence-electron chi connectivity index (χ3n) is 1.24. The summed E-state index contributed by atoms with van der Waals surface area (Å²) in [5, 5.41) is 8.44. The zero-order valence-corrected chi connectivity index (χ0v) is 6.19. The largest absolute Gasteiger partial charge is 0.396 e.